The van der Waals surface area contributed by atoms with Crippen molar-refractivity contribution in [3.8, 4) is 0 Å². The molecule has 0 saturated heterocycles. The summed E-state index contributed by atoms with van der Waals surface area (Å²) in [7, 11) is -2.05. The molecule has 0 fully saturated rings. The maximum atomic E-state index is 12.1. The van der Waals surface area contributed by atoms with E-state index in [4.69, 9.17) is 0 Å². The Morgan fingerprint density at radius 2 is 1.84 bits per heavy atom. The van der Waals surface area contributed by atoms with Gasteiger partial charge in [0.25, 0.3) is 0 Å². The topological polar surface area (TPSA) is 75.3 Å². The molecule has 7 heteroatoms. The third-order valence-electron chi connectivity index (χ3n) is 3.87. The number of rotatable bonds is 7. The van der Waals surface area contributed by atoms with E-state index in [9.17, 15) is 13.2 Å². The normalized spacial score (nSPS) is 12.6. The molecule has 2 aromatic carbocycles. The monoisotopic (exact) mass is 424 g/mol. The highest BCUT2D eigenvalue weighted by atomic mass is 79.9. The van der Waals surface area contributed by atoms with Crippen molar-refractivity contribution in [1.82, 2.24) is 10.0 Å². The van der Waals surface area contributed by atoms with Gasteiger partial charge in [-0.15, -0.1) is 0 Å². The summed E-state index contributed by atoms with van der Waals surface area (Å²) in [6, 6.07) is 14.3. The zero-order chi connectivity index (χ0) is 18.4. The third kappa shape index (κ3) is 5.66. The van der Waals surface area contributed by atoms with E-state index in [1.54, 1.807) is 24.3 Å². The van der Waals surface area contributed by atoms with Gasteiger partial charge < -0.3 is 5.32 Å². The van der Waals surface area contributed by atoms with E-state index in [2.05, 4.69) is 26.0 Å². The molecule has 1 atom stereocenters. The van der Waals surface area contributed by atoms with Gasteiger partial charge in [-0.3, -0.25) is 4.79 Å². The number of carbonyl (C=O) groups is 1. The molecular formula is C18H21BrN2O3S. The van der Waals surface area contributed by atoms with E-state index < -0.39 is 10.0 Å². The van der Waals surface area contributed by atoms with Crippen LogP contribution in [-0.2, 0) is 21.2 Å². The molecule has 0 saturated carbocycles. The molecular weight excluding hydrogens is 404 g/mol. The molecule has 0 spiro atoms. The Labute approximate surface area is 157 Å². The Morgan fingerprint density at radius 1 is 1.16 bits per heavy atom. The highest BCUT2D eigenvalue weighted by Crippen LogP contribution is 2.18. The van der Waals surface area contributed by atoms with Crippen LogP contribution in [0.2, 0.25) is 0 Å². The van der Waals surface area contributed by atoms with Gasteiger partial charge in [0.05, 0.1) is 10.9 Å². The average molecular weight is 425 g/mol. The number of hydrogen-bond donors (Lipinski definition) is 2. The molecule has 2 rings (SSSR count). The lowest BCUT2D eigenvalue weighted by molar-refractivity contribution is -0.121. The minimum atomic E-state index is -3.43. The standard InChI is InChI=1S/C18H21BrN2O3S/c1-13(15-4-3-5-16(19)12-15)21-18(22)11-8-14-6-9-17(10-7-14)25(23,24)20-2/h3-7,9-10,12-13,20H,8,11H2,1-2H3,(H,21,22). The van der Waals surface area contributed by atoms with Gasteiger partial charge in [-0.25, -0.2) is 13.1 Å². The fourth-order valence-corrected chi connectivity index (χ4v) is 3.53. The van der Waals surface area contributed by atoms with E-state index in [0.717, 1.165) is 15.6 Å². The summed E-state index contributed by atoms with van der Waals surface area (Å²) in [4.78, 5) is 12.3. The average Bonchev–Trinajstić information content (AvgIpc) is 2.60. The first-order valence-corrected chi connectivity index (χ1v) is 10.2. The Balaban J connectivity index is 1.89. The molecule has 2 aromatic rings. The first-order chi connectivity index (χ1) is 11.8. The van der Waals surface area contributed by atoms with Crippen LogP contribution < -0.4 is 10.0 Å². The van der Waals surface area contributed by atoms with Crippen molar-refractivity contribution in [2.45, 2.75) is 30.7 Å². The Bertz CT molecular complexity index is 836. The number of benzene rings is 2. The number of amides is 1. The van der Waals surface area contributed by atoms with Gasteiger partial charge >= 0.3 is 0 Å². The van der Waals surface area contributed by atoms with Crippen LogP contribution >= 0.6 is 15.9 Å². The maximum absolute atomic E-state index is 12.1. The highest BCUT2D eigenvalue weighted by Gasteiger charge is 2.12. The molecule has 0 aliphatic heterocycles. The lowest BCUT2D eigenvalue weighted by Crippen LogP contribution is -2.26. The summed E-state index contributed by atoms with van der Waals surface area (Å²) in [5.41, 5.74) is 1.95. The maximum Gasteiger partial charge on any atom is 0.240 e. The van der Waals surface area contributed by atoms with Crippen LogP contribution in [0.15, 0.2) is 57.9 Å². The zero-order valence-corrected chi connectivity index (χ0v) is 16.5. The number of aryl methyl sites for hydroxylation is 1. The highest BCUT2D eigenvalue weighted by molar-refractivity contribution is 9.10. The Hall–Kier alpha value is -1.70. The fourth-order valence-electron chi connectivity index (χ4n) is 2.38. The largest absolute Gasteiger partial charge is 0.350 e. The second-order valence-corrected chi connectivity index (χ2v) is 8.50. The minimum Gasteiger partial charge on any atom is -0.350 e. The van der Waals surface area contributed by atoms with Gasteiger partial charge in [0.2, 0.25) is 15.9 Å². The zero-order valence-electron chi connectivity index (χ0n) is 14.1. The van der Waals surface area contributed by atoms with Crippen LogP contribution in [0.1, 0.15) is 30.5 Å². The fraction of sp³-hybridized carbons (Fsp3) is 0.278. The summed E-state index contributed by atoms with van der Waals surface area (Å²) in [5.74, 6) is -0.0422. The number of hydrogen-bond acceptors (Lipinski definition) is 3. The minimum absolute atomic E-state index is 0.0422. The molecule has 2 N–H and O–H groups in total. The second kappa shape index (κ2) is 8.60. The molecule has 25 heavy (non-hydrogen) atoms. The molecule has 0 bridgehead atoms. The quantitative estimate of drug-likeness (QED) is 0.716. The molecule has 0 radical (unpaired) electrons. The summed E-state index contributed by atoms with van der Waals surface area (Å²) >= 11 is 3.42. The second-order valence-electron chi connectivity index (χ2n) is 5.70. The van der Waals surface area contributed by atoms with E-state index in [1.807, 2.05) is 31.2 Å². The van der Waals surface area contributed by atoms with E-state index in [1.165, 1.54) is 7.05 Å². The molecule has 0 heterocycles. The molecule has 0 aliphatic rings. The SMILES string of the molecule is CNS(=O)(=O)c1ccc(CCC(=O)NC(C)c2cccc(Br)c2)cc1. The first-order valence-electron chi connectivity index (χ1n) is 7.89. The van der Waals surface area contributed by atoms with Crippen LogP contribution in [0.5, 0.6) is 0 Å². The van der Waals surface area contributed by atoms with Crippen molar-refractivity contribution < 1.29 is 13.2 Å². The van der Waals surface area contributed by atoms with Crippen molar-refractivity contribution in [2.24, 2.45) is 0 Å². The number of halogens is 1. The Morgan fingerprint density at radius 3 is 2.44 bits per heavy atom. The number of carbonyl (C=O) groups excluding carboxylic acids is 1. The summed E-state index contributed by atoms with van der Waals surface area (Å²) in [6.45, 7) is 1.94. The van der Waals surface area contributed by atoms with Crippen molar-refractivity contribution in [3.63, 3.8) is 0 Å². The molecule has 0 aromatic heterocycles. The number of sulfonamides is 1. The van der Waals surface area contributed by atoms with Gasteiger partial charge in [-0.1, -0.05) is 40.2 Å². The predicted molar refractivity (Wildman–Crippen MR) is 102 cm³/mol. The van der Waals surface area contributed by atoms with Gasteiger partial charge in [-0.2, -0.15) is 0 Å². The Kier molecular flexibility index (Phi) is 6.75. The lowest BCUT2D eigenvalue weighted by atomic mass is 10.1. The predicted octanol–water partition coefficient (Wildman–Crippen LogP) is 3.17. The summed E-state index contributed by atoms with van der Waals surface area (Å²) in [6.07, 6.45) is 0.896. The van der Waals surface area contributed by atoms with E-state index in [-0.39, 0.29) is 16.8 Å². The number of nitrogens with one attached hydrogen (secondary N) is 2. The van der Waals surface area contributed by atoms with Crippen molar-refractivity contribution in [2.75, 3.05) is 7.05 Å². The van der Waals surface area contributed by atoms with Gasteiger partial charge in [0, 0.05) is 10.9 Å². The summed E-state index contributed by atoms with van der Waals surface area (Å²) < 4.78 is 26.6. The molecule has 0 aliphatic carbocycles. The molecule has 5 nitrogen and oxygen atoms in total. The van der Waals surface area contributed by atoms with Crippen LogP contribution in [0.4, 0.5) is 0 Å². The van der Waals surface area contributed by atoms with Crippen molar-refractivity contribution in [1.29, 1.82) is 0 Å². The van der Waals surface area contributed by atoms with Crippen molar-refractivity contribution in [3.05, 3.63) is 64.1 Å². The third-order valence-corrected chi connectivity index (χ3v) is 5.79. The van der Waals surface area contributed by atoms with Crippen LogP contribution in [0, 0.1) is 0 Å². The van der Waals surface area contributed by atoms with E-state index >= 15 is 0 Å². The van der Waals surface area contributed by atoms with Gasteiger partial charge in [0.15, 0.2) is 0 Å². The molecule has 134 valence electrons. The van der Waals surface area contributed by atoms with Crippen LogP contribution in [0.25, 0.3) is 0 Å². The first kappa shape index (κ1) is 19.6. The van der Waals surface area contributed by atoms with Crippen LogP contribution in [0.3, 0.4) is 0 Å². The van der Waals surface area contributed by atoms with Gasteiger partial charge in [-0.05, 0) is 55.8 Å². The van der Waals surface area contributed by atoms with Gasteiger partial charge in [0.1, 0.15) is 0 Å². The molecule has 1 unspecified atom stereocenters. The molecule has 1 amide bonds. The van der Waals surface area contributed by atoms with E-state index in [0.29, 0.717) is 12.8 Å². The smallest absolute Gasteiger partial charge is 0.240 e. The van der Waals surface area contributed by atoms with Crippen LogP contribution in [-0.4, -0.2) is 21.4 Å². The summed E-state index contributed by atoms with van der Waals surface area (Å²) in [5, 5.41) is 2.97. The van der Waals surface area contributed by atoms with Crippen molar-refractivity contribution >= 4 is 31.9 Å². The lowest BCUT2D eigenvalue weighted by Gasteiger charge is -2.14.